The van der Waals surface area contributed by atoms with E-state index in [-0.39, 0.29) is 12.2 Å². The van der Waals surface area contributed by atoms with Crippen molar-refractivity contribution < 1.29 is 18.1 Å². The highest BCUT2D eigenvalue weighted by Gasteiger charge is 2.21. The first-order valence-corrected chi connectivity index (χ1v) is 10.3. The van der Waals surface area contributed by atoms with E-state index in [1.807, 2.05) is 45.0 Å². The fraction of sp³-hybridized carbons (Fsp3) is 0.350. The van der Waals surface area contributed by atoms with Crippen LogP contribution in [0.2, 0.25) is 0 Å². The highest BCUT2D eigenvalue weighted by Crippen LogP contribution is 2.20. The predicted octanol–water partition coefficient (Wildman–Crippen LogP) is 5.06. The lowest BCUT2D eigenvalue weighted by molar-refractivity contribution is 0.158. The van der Waals surface area contributed by atoms with E-state index in [1.54, 1.807) is 19.2 Å². The second-order valence-electron chi connectivity index (χ2n) is 6.86. The fourth-order valence-electron chi connectivity index (χ4n) is 2.10. The lowest BCUT2D eigenvalue weighted by atomic mass is 10.1. The minimum Gasteiger partial charge on any atom is -0.497 e. The number of hydrogen-bond acceptors (Lipinski definition) is 3. The van der Waals surface area contributed by atoms with Crippen molar-refractivity contribution in [1.82, 2.24) is 0 Å². The average molecular weight is 456 g/mol. The Morgan fingerprint density at radius 3 is 2.44 bits per heavy atom. The summed E-state index contributed by atoms with van der Waals surface area (Å²) in [5, 5.41) is 0. The molecule has 0 heterocycles. The summed E-state index contributed by atoms with van der Waals surface area (Å²) in [7, 11) is 0.0816. The normalized spacial score (nSPS) is 13.5. The van der Waals surface area contributed by atoms with E-state index >= 15 is 0 Å². The first-order valence-electron chi connectivity index (χ1n) is 8.36. The van der Waals surface area contributed by atoms with Gasteiger partial charge in [0, 0.05) is 10.0 Å². The molecule has 0 aliphatic rings. The van der Waals surface area contributed by atoms with Gasteiger partial charge in [-0.3, -0.25) is 0 Å². The van der Waals surface area contributed by atoms with Crippen molar-refractivity contribution in [3.8, 4) is 5.75 Å². The molecule has 27 heavy (non-hydrogen) atoms. The summed E-state index contributed by atoms with van der Waals surface area (Å²) in [5.74, 6) is 0.327. The standard InChI is InChI=1S/C20H23BrFNO3S/c1-20(2,3)27(24)23-19(17-11-15(21)7-10-18(17)22)13-26-12-14-5-8-16(25-4)9-6-14/h5-11H,12-13H2,1-4H3/b23-19-. The summed E-state index contributed by atoms with van der Waals surface area (Å²) in [5.41, 5.74) is 1.54. The Bertz CT molecular complexity index is 832. The summed E-state index contributed by atoms with van der Waals surface area (Å²) in [6, 6.07) is 12.0. The van der Waals surface area contributed by atoms with E-state index in [9.17, 15) is 8.60 Å². The van der Waals surface area contributed by atoms with E-state index in [0.29, 0.717) is 16.8 Å². The lowest BCUT2D eigenvalue weighted by Crippen LogP contribution is -2.23. The summed E-state index contributed by atoms with van der Waals surface area (Å²) in [6.07, 6.45) is 0. The molecule has 1 unspecified atom stereocenters. The zero-order chi connectivity index (χ0) is 20.0. The molecule has 0 aliphatic carbocycles. The number of halogens is 2. The minimum absolute atomic E-state index is 0.0429. The summed E-state index contributed by atoms with van der Waals surface area (Å²) < 4.78 is 42.1. The molecule has 0 N–H and O–H groups in total. The molecule has 0 radical (unpaired) electrons. The number of ether oxygens (including phenoxy) is 2. The van der Waals surface area contributed by atoms with Crippen molar-refractivity contribution in [3.63, 3.8) is 0 Å². The molecule has 7 heteroatoms. The molecule has 0 aliphatic heterocycles. The smallest absolute Gasteiger partial charge is 0.145 e. The van der Waals surface area contributed by atoms with E-state index < -0.39 is 21.5 Å². The van der Waals surface area contributed by atoms with Crippen LogP contribution in [0.1, 0.15) is 31.9 Å². The first kappa shape index (κ1) is 21.7. The van der Waals surface area contributed by atoms with Crippen molar-refractivity contribution in [2.75, 3.05) is 13.7 Å². The number of benzene rings is 2. The van der Waals surface area contributed by atoms with Crippen LogP contribution < -0.4 is 4.74 Å². The van der Waals surface area contributed by atoms with E-state index in [1.165, 1.54) is 6.07 Å². The van der Waals surface area contributed by atoms with E-state index in [0.717, 1.165) is 11.3 Å². The predicted molar refractivity (Wildman–Crippen MR) is 111 cm³/mol. The minimum atomic E-state index is -1.53. The van der Waals surface area contributed by atoms with Crippen molar-refractivity contribution in [1.29, 1.82) is 0 Å². The van der Waals surface area contributed by atoms with Crippen molar-refractivity contribution in [2.24, 2.45) is 4.40 Å². The van der Waals surface area contributed by atoms with Crippen LogP contribution in [0.3, 0.4) is 0 Å². The zero-order valence-electron chi connectivity index (χ0n) is 15.8. The second kappa shape index (κ2) is 9.57. The van der Waals surface area contributed by atoms with Crippen LogP contribution >= 0.6 is 15.9 Å². The van der Waals surface area contributed by atoms with Gasteiger partial charge in [-0.25, -0.2) is 8.60 Å². The van der Waals surface area contributed by atoms with Gasteiger partial charge in [-0.15, -0.1) is 0 Å². The van der Waals surface area contributed by atoms with Gasteiger partial charge in [-0.1, -0.05) is 28.1 Å². The lowest BCUT2D eigenvalue weighted by Gasteiger charge is -2.16. The van der Waals surface area contributed by atoms with Gasteiger partial charge in [0.25, 0.3) is 0 Å². The van der Waals surface area contributed by atoms with Crippen LogP contribution in [0, 0.1) is 5.82 Å². The van der Waals surface area contributed by atoms with Crippen LogP contribution in [-0.2, 0) is 22.3 Å². The molecule has 2 aromatic rings. The molecular weight excluding hydrogens is 433 g/mol. The van der Waals surface area contributed by atoms with Crippen molar-refractivity contribution in [2.45, 2.75) is 32.1 Å². The van der Waals surface area contributed by atoms with Crippen LogP contribution in [-0.4, -0.2) is 28.4 Å². The van der Waals surface area contributed by atoms with Gasteiger partial charge < -0.3 is 9.47 Å². The van der Waals surface area contributed by atoms with Crippen LogP contribution in [0.15, 0.2) is 51.3 Å². The quantitative estimate of drug-likeness (QED) is 0.547. The van der Waals surface area contributed by atoms with Gasteiger partial charge in [0.1, 0.15) is 22.6 Å². The van der Waals surface area contributed by atoms with Crippen molar-refractivity contribution >= 4 is 32.6 Å². The Kier molecular flexibility index (Phi) is 7.70. The van der Waals surface area contributed by atoms with Crippen LogP contribution in [0.4, 0.5) is 4.39 Å². The molecule has 0 saturated heterocycles. The first-order chi connectivity index (χ1) is 12.7. The zero-order valence-corrected chi connectivity index (χ0v) is 18.2. The molecule has 2 aromatic carbocycles. The maximum atomic E-state index is 14.3. The third-order valence-corrected chi connectivity index (χ3v) is 5.55. The summed E-state index contributed by atoms with van der Waals surface area (Å²) in [4.78, 5) is 0. The van der Waals surface area contributed by atoms with Gasteiger partial charge in [0.05, 0.1) is 30.8 Å². The van der Waals surface area contributed by atoms with E-state index in [2.05, 4.69) is 20.3 Å². The Balaban J connectivity index is 2.20. The SMILES string of the molecule is COc1ccc(COC/C(=N/S(=O)C(C)(C)C)c2cc(Br)ccc2F)cc1. The Morgan fingerprint density at radius 1 is 1.19 bits per heavy atom. The average Bonchev–Trinajstić information content (AvgIpc) is 2.62. The molecule has 0 spiro atoms. The van der Waals surface area contributed by atoms with Crippen molar-refractivity contribution in [3.05, 3.63) is 63.9 Å². The maximum Gasteiger partial charge on any atom is 0.145 e. The number of methoxy groups -OCH3 is 1. The van der Waals surface area contributed by atoms with Gasteiger partial charge in [-0.2, -0.15) is 4.40 Å². The molecule has 2 rings (SSSR count). The second-order valence-corrected chi connectivity index (χ2v) is 9.69. The highest BCUT2D eigenvalue weighted by molar-refractivity contribution is 9.10. The molecule has 0 aromatic heterocycles. The molecule has 4 nitrogen and oxygen atoms in total. The van der Waals surface area contributed by atoms with Gasteiger partial charge in [0.15, 0.2) is 0 Å². The highest BCUT2D eigenvalue weighted by atomic mass is 79.9. The fourth-order valence-corrected chi connectivity index (χ4v) is 3.08. The molecule has 0 saturated carbocycles. The monoisotopic (exact) mass is 455 g/mol. The Labute approximate surface area is 170 Å². The third-order valence-electron chi connectivity index (χ3n) is 3.62. The summed E-state index contributed by atoms with van der Waals surface area (Å²) >= 11 is 3.34. The topological polar surface area (TPSA) is 47.9 Å². The third kappa shape index (κ3) is 6.52. The molecule has 0 bridgehead atoms. The molecule has 1 atom stereocenters. The molecular formula is C20H23BrFNO3S. The van der Waals surface area contributed by atoms with Gasteiger partial charge in [-0.05, 0) is 56.7 Å². The molecule has 0 fully saturated rings. The molecule has 146 valence electrons. The van der Waals surface area contributed by atoms with E-state index in [4.69, 9.17) is 9.47 Å². The Hall–Kier alpha value is -1.57. The number of rotatable bonds is 7. The maximum absolute atomic E-state index is 14.3. The number of nitrogens with zero attached hydrogens (tertiary/aromatic N) is 1. The number of hydrogen-bond donors (Lipinski definition) is 0. The summed E-state index contributed by atoms with van der Waals surface area (Å²) in [6.45, 7) is 5.82. The van der Waals surface area contributed by atoms with Crippen LogP contribution in [0.25, 0.3) is 0 Å². The largest absolute Gasteiger partial charge is 0.497 e. The Morgan fingerprint density at radius 2 is 1.85 bits per heavy atom. The van der Waals surface area contributed by atoms with Gasteiger partial charge in [0.2, 0.25) is 0 Å². The van der Waals surface area contributed by atoms with Crippen LogP contribution in [0.5, 0.6) is 5.75 Å². The van der Waals surface area contributed by atoms with Gasteiger partial charge >= 0.3 is 0 Å². The molecule has 0 amide bonds.